The molecule has 3 heteroatoms. The van der Waals surface area contributed by atoms with Gasteiger partial charge >= 0.3 is 0 Å². The van der Waals surface area contributed by atoms with Gasteiger partial charge in [-0.3, -0.25) is 4.90 Å². The number of nitrogens with one attached hydrogen (secondary N) is 1. The standard InChI is InChI=1S/C18H37N3/c1-5-18(6-2,14-19-16(3)4)15-20-10-8-12-21-11-7-9-17(21)13-20/h16-17,19H,5-15H2,1-4H3. The highest BCUT2D eigenvalue weighted by molar-refractivity contribution is 4.89. The zero-order valence-corrected chi connectivity index (χ0v) is 14.8. The molecule has 0 bridgehead atoms. The summed E-state index contributed by atoms with van der Waals surface area (Å²) < 4.78 is 0. The molecule has 0 aliphatic carbocycles. The third-order valence-corrected chi connectivity index (χ3v) is 5.83. The van der Waals surface area contributed by atoms with E-state index >= 15 is 0 Å². The maximum Gasteiger partial charge on any atom is 0.0223 e. The van der Waals surface area contributed by atoms with E-state index in [-0.39, 0.29) is 0 Å². The van der Waals surface area contributed by atoms with E-state index in [0.29, 0.717) is 11.5 Å². The van der Waals surface area contributed by atoms with E-state index < -0.39 is 0 Å². The molecule has 1 unspecified atom stereocenters. The quantitative estimate of drug-likeness (QED) is 0.779. The number of nitrogens with zero attached hydrogens (tertiary/aromatic N) is 2. The molecule has 2 rings (SSSR count). The SMILES string of the molecule is CCC(CC)(CNC(C)C)CN1CCCN2CCCC2C1. The molecule has 2 fully saturated rings. The minimum Gasteiger partial charge on any atom is -0.314 e. The molecule has 3 nitrogen and oxygen atoms in total. The molecular weight excluding hydrogens is 258 g/mol. The van der Waals surface area contributed by atoms with Crippen LogP contribution in [0, 0.1) is 5.41 Å². The predicted molar refractivity (Wildman–Crippen MR) is 91.8 cm³/mol. The Bertz CT molecular complexity index is 299. The molecule has 0 aromatic carbocycles. The highest BCUT2D eigenvalue weighted by atomic mass is 15.3. The minimum absolute atomic E-state index is 0.456. The van der Waals surface area contributed by atoms with Gasteiger partial charge in [0.1, 0.15) is 0 Å². The Hall–Kier alpha value is -0.120. The van der Waals surface area contributed by atoms with Gasteiger partial charge in [-0.05, 0) is 57.2 Å². The summed E-state index contributed by atoms with van der Waals surface area (Å²) in [6.07, 6.45) is 6.77. The smallest absolute Gasteiger partial charge is 0.0223 e. The third-order valence-electron chi connectivity index (χ3n) is 5.83. The van der Waals surface area contributed by atoms with Gasteiger partial charge in [-0.2, -0.15) is 0 Å². The monoisotopic (exact) mass is 295 g/mol. The van der Waals surface area contributed by atoms with E-state index in [1.54, 1.807) is 0 Å². The lowest BCUT2D eigenvalue weighted by atomic mass is 9.81. The number of rotatable bonds is 7. The fraction of sp³-hybridized carbons (Fsp3) is 1.00. The Kier molecular flexibility index (Phi) is 6.51. The molecule has 0 amide bonds. The lowest BCUT2D eigenvalue weighted by Gasteiger charge is -2.38. The highest BCUT2D eigenvalue weighted by Crippen LogP contribution is 2.29. The Morgan fingerprint density at radius 1 is 1.10 bits per heavy atom. The van der Waals surface area contributed by atoms with Crippen LogP contribution in [0.2, 0.25) is 0 Å². The van der Waals surface area contributed by atoms with Crippen molar-refractivity contribution in [1.82, 2.24) is 15.1 Å². The van der Waals surface area contributed by atoms with Crippen LogP contribution in [0.4, 0.5) is 0 Å². The van der Waals surface area contributed by atoms with Crippen LogP contribution in [0.25, 0.3) is 0 Å². The van der Waals surface area contributed by atoms with E-state index in [0.717, 1.165) is 6.04 Å². The van der Waals surface area contributed by atoms with Gasteiger partial charge in [0.2, 0.25) is 0 Å². The average molecular weight is 296 g/mol. The van der Waals surface area contributed by atoms with Crippen molar-refractivity contribution in [3.8, 4) is 0 Å². The largest absolute Gasteiger partial charge is 0.314 e. The summed E-state index contributed by atoms with van der Waals surface area (Å²) in [4.78, 5) is 5.52. The number of hydrogen-bond acceptors (Lipinski definition) is 3. The van der Waals surface area contributed by atoms with Crippen LogP contribution in [-0.2, 0) is 0 Å². The van der Waals surface area contributed by atoms with Gasteiger partial charge in [0.05, 0.1) is 0 Å². The Morgan fingerprint density at radius 2 is 1.81 bits per heavy atom. The Balaban J connectivity index is 1.94. The van der Waals surface area contributed by atoms with Crippen molar-refractivity contribution in [2.45, 2.75) is 71.9 Å². The van der Waals surface area contributed by atoms with Crippen molar-refractivity contribution in [2.75, 3.05) is 39.3 Å². The molecular formula is C18H37N3. The lowest BCUT2D eigenvalue weighted by molar-refractivity contribution is 0.123. The molecule has 0 radical (unpaired) electrons. The summed E-state index contributed by atoms with van der Waals surface area (Å²) in [6, 6.07) is 1.44. The van der Waals surface area contributed by atoms with Gasteiger partial charge in [0.25, 0.3) is 0 Å². The maximum atomic E-state index is 3.70. The summed E-state index contributed by atoms with van der Waals surface area (Å²) in [5, 5.41) is 3.70. The second kappa shape index (κ2) is 7.94. The Morgan fingerprint density at radius 3 is 2.48 bits per heavy atom. The molecule has 1 N–H and O–H groups in total. The molecule has 2 heterocycles. The molecule has 21 heavy (non-hydrogen) atoms. The molecule has 0 aromatic heterocycles. The van der Waals surface area contributed by atoms with Gasteiger partial charge in [-0.15, -0.1) is 0 Å². The number of hydrogen-bond donors (Lipinski definition) is 1. The second-order valence-electron chi connectivity index (χ2n) is 7.66. The van der Waals surface area contributed by atoms with E-state index in [1.807, 2.05) is 0 Å². The zero-order chi connectivity index (χ0) is 15.3. The molecule has 0 spiro atoms. The number of fused-ring (bicyclic) bond motifs is 1. The summed E-state index contributed by atoms with van der Waals surface area (Å²) in [6.45, 7) is 17.0. The van der Waals surface area contributed by atoms with Crippen molar-refractivity contribution in [1.29, 1.82) is 0 Å². The summed E-state index contributed by atoms with van der Waals surface area (Å²) >= 11 is 0. The zero-order valence-electron chi connectivity index (χ0n) is 14.8. The van der Waals surface area contributed by atoms with Crippen LogP contribution in [-0.4, -0.2) is 61.2 Å². The summed E-state index contributed by atoms with van der Waals surface area (Å²) in [5.41, 5.74) is 0.456. The molecule has 2 saturated heterocycles. The average Bonchev–Trinajstić information content (AvgIpc) is 2.82. The normalized spacial score (nSPS) is 25.3. The highest BCUT2D eigenvalue weighted by Gasteiger charge is 2.33. The van der Waals surface area contributed by atoms with Gasteiger partial charge in [-0.25, -0.2) is 0 Å². The third kappa shape index (κ3) is 4.67. The van der Waals surface area contributed by atoms with Crippen LogP contribution in [0.15, 0.2) is 0 Å². The topological polar surface area (TPSA) is 18.5 Å². The van der Waals surface area contributed by atoms with E-state index in [2.05, 4.69) is 42.8 Å². The Labute approximate surface area is 132 Å². The van der Waals surface area contributed by atoms with Crippen LogP contribution >= 0.6 is 0 Å². The van der Waals surface area contributed by atoms with Gasteiger partial charge < -0.3 is 10.2 Å². The molecule has 0 saturated carbocycles. The van der Waals surface area contributed by atoms with E-state index in [9.17, 15) is 0 Å². The molecule has 2 aliphatic heterocycles. The first-order chi connectivity index (χ1) is 10.1. The fourth-order valence-corrected chi connectivity index (χ4v) is 4.10. The van der Waals surface area contributed by atoms with Crippen molar-refractivity contribution >= 4 is 0 Å². The molecule has 2 aliphatic rings. The van der Waals surface area contributed by atoms with Crippen molar-refractivity contribution < 1.29 is 0 Å². The van der Waals surface area contributed by atoms with Crippen molar-refractivity contribution in [3.63, 3.8) is 0 Å². The first kappa shape index (κ1) is 17.2. The summed E-state index contributed by atoms with van der Waals surface area (Å²) in [5.74, 6) is 0. The minimum atomic E-state index is 0.456. The van der Waals surface area contributed by atoms with Crippen LogP contribution in [0.5, 0.6) is 0 Å². The first-order valence-electron chi connectivity index (χ1n) is 9.28. The van der Waals surface area contributed by atoms with Gasteiger partial charge in [0, 0.05) is 31.7 Å². The summed E-state index contributed by atoms with van der Waals surface area (Å²) in [7, 11) is 0. The molecule has 1 atom stereocenters. The first-order valence-corrected chi connectivity index (χ1v) is 9.28. The van der Waals surface area contributed by atoms with E-state index in [4.69, 9.17) is 0 Å². The van der Waals surface area contributed by atoms with Crippen molar-refractivity contribution in [2.24, 2.45) is 5.41 Å². The molecule has 0 aromatic rings. The lowest BCUT2D eigenvalue weighted by Crippen LogP contribution is -2.47. The molecule has 124 valence electrons. The van der Waals surface area contributed by atoms with Crippen LogP contribution in [0.1, 0.15) is 59.8 Å². The van der Waals surface area contributed by atoms with Gasteiger partial charge in [-0.1, -0.05) is 27.7 Å². The maximum absolute atomic E-state index is 3.70. The van der Waals surface area contributed by atoms with Crippen molar-refractivity contribution in [3.05, 3.63) is 0 Å². The predicted octanol–water partition coefficient (Wildman–Crippen LogP) is 2.96. The van der Waals surface area contributed by atoms with Gasteiger partial charge in [0.15, 0.2) is 0 Å². The second-order valence-corrected chi connectivity index (χ2v) is 7.66. The van der Waals surface area contributed by atoms with E-state index in [1.165, 1.54) is 71.4 Å². The van der Waals surface area contributed by atoms with Crippen LogP contribution < -0.4 is 5.32 Å². The van der Waals surface area contributed by atoms with Crippen LogP contribution in [0.3, 0.4) is 0 Å². The fourth-order valence-electron chi connectivity index (χ4n) is 4.10.